The molecule has 9 heteroatoms. The second-order valence-corrected chi connectivity index (χ2v) is 7.35. The quantitative estimate of drug-likeness (QED) is 0.380. The van der Waals surface area contributed by atoms with Crippen LogP contribution in [0.1, 0.15) is 32.6 Å². The van der Waals surface area contributed by atoms with Crippen LogP contribution in [0.4, 0.5) is 0 Å². The van der Waals surface area contributed by atoms with E-state index in [1.807, 2.05) is 6.92 Å². The molecule has 0 aromatic carbocycles. The Morgan fingerprint density at radius 1 is 1.12 bits per heavy atom. The van der Waals surface area contributed by atoms with E-state index in [-0.39, 0.29) is 12.5 Å². The molecule has 0 radical (unpaired) electrons. The molecule has 1 saturated carbocycles. The number of ether oxygens (including phenoxy) is 3. The van der Waals surface area contributed by atoms with Gasteiger partial charge in [0.2, 0.25) is 6.29 Å². The van der Waals surface area contributed by atoms with Crippen LogP contribution in [0.3, 0.4) is 0 Å². The summed E-state index contributed by atoms with van der Waals surface area (Å²) < 4.78 is 17.4. The van der Waals surface area contributed by atoms with Gasteiger partial charge in [0.15, 0.2) is 5.78 Å². The van der Waals surface area contributed by atoms with Crippen molar-refractivity contribution >= 4 is 5.78 Å². The van der Waals surface area contributed by atoms with Crippen molar-refractivity contribution in [2.24, 2.45) is 0 Å². The summed E-state index contributed by atoms with van der Waals surface area (Å²) in [6.07, 6.45) is -2.92. The van der Waals surface area contributed by atoms with Gasteiger partial charge >= 0.3 is 0 Å². The van der Waals surface area contributed by atoms with Crippen molar-refractivity contribution in [3.8, 4) is 0 Å². The number of Topliss-reactive ketones (excluding diaryl/α,β-unsaturated/α-hetero) is 1. The molecule has 0 spiro atoms. The van der Waals surface area contributed by atoms with Crippen LogP contribution in [0.25, 0.3) is 0 Å². The predicted molar refractivity (Wildman–Crippen MR) is 90.2 cm³/mol. The van der Waals surface area contributed by atoms with Crippen LogP contribution in [0.15, 0.2) is 0 Å². The van der Waals surface area contributed by atoms with E-state index in [2.05, 4.69) is 10.6 Å². The van der Waals surface area contributed by atoms with Gasteiger partial charge in [0, 0.05) is 6.42 Å². The van der Waals surface area contributed by atoms with Gasteiger partial charge < -0.3 is 40.2 Å². The molecule has 150 valence electrons. The first kappa shape index (κ1) is 20.1. The SMILES string of the molecule is CCCC[C@@H]1CC(=O)[C@]2(O)O[C@@H]3[C@H](NC)[C@@H](O)[C@H](NC)[C@H](O)[C@H]3O[C@@H]2O1. The van der Waals surface area contributed by atoms with E-state index in [1.165, 1.54) is 0 Å². The number of fused-ring (bicyclic) bond motifs is 2. The number of carbonyl (C=O) groups excluding carboxylic acids is 1. The molecule has 9 atom stereocenters. The zero-order valence-electron chi connectivity index (χ0n) is 15.4. The largest absolute Gasteiger partial charge is 0.390 e. The van der Waals surface area contributed by atoms with E-state index >= 15 is 0 Å². The predicted octanol–water partition coefficient (Wildman–Crippen LogP) is -1.76. The van der Waals surface area contributed by atoms with Crippen LogP contribution in [0.2, 0.25) is 0 Å². The van der Waals surface area contributed by atoms with Crippen molar-refractivity contribution in [1.82, 2.24) is 10.6 Å². The van der Waals surface area contributed by atoms with Crippen LogP contribution in [0.5, 0.6) is 0 Å². The minimum absolute atomic E-state index is 0.0439. The maximum atomic E-state index is 12.6. The molecule has 2 heterocycles. The molecule has 0 aromatic rings. The Balaban J connectivity index is 1.84. The molecule has 0 aromatic heterocycles. The van der Waals surface area contributed by atoms with Crippen LogP contribution in [-0.4, -0.2) is 89.9 Å². The fourth-order valence-electron chi connectivity index (χ4n) is 4.19. The van der Waals surface area contributed by atoms with Gasteiger partial charge in [-0.25, -0.2) is 0 Å². The Morgan fingerprint density at radius 3 is 2.42 bits per heavy atom. The van der Waals surface area contributed by atoms with Crippen molar-refractivity contribution in [3.05, 3.63) is 0 Å². The van der Waals surface area contributed by atoms with Gasteiger partial charge in [-0.05, 0) is 20.5 Å². The third-order valence-corrected chi connectivity index (χ3v) is 5.71. The number of hydrogen-bond donors (Lipinski definition) is 5. The van der Waals surface area contributed by atoms with Gasteiger partial charge in [-0.1, -0.05) is 19.8 Å². The fourth-order valence-corrected chi connectivity index (χ4v) is 4.19. The molecule has 0 unspecified atom stereocenters. The van der Waals surface area contributed by atoms with E-state index < -0.39 is 54.4 Å². The van der Waals surface area contributed by atoms with Crippen molar-refractivity contribution in [3.63, 3.8) is 0 Å². The monoisotopic (exact) mass is 374 g/mol. The zero-order valence-corrected chi connectivity index (χ0v) is 15.4. The lowest BCUT2D eigenvalue weighted by molar-refractivity contribution is -0.421. The molecular formula is C17H30N2O7. The second-order valence-electron chi connectivity index (χ2n) is 7.35. The fraction of sp³-hybridized carbons (Fsp3) is 0.941. The van der Waals surface area contributed by atoms with Gasteiger partial charge in [0.05, 0.1) is 24.3 Å². The number of rotatable bonds is 5. The molecule has 1 aliphatic carbocycles. The number of carbonyl (C=O) groups is 1. The lowest BCUT2D eigenvalue weighted by Gasteiger charge is -2.55. The summed E-state index contributed by atoms with van der Waals surface area (Å²) in [5, 5.41) is 37.8. The number of likely N-dealkylation sites (N-methyl/N-ethyl adjacent to an activating group) is 2. The van der Waals surface area contributed by atoms with Crippen LogP contribution >= 0.6 is 0 Å². The minimum atomic E-state index is -2.23. The summed E-state index contributed by atoms with van der Waals surface area (Å²) in [7, 11) is 3.26. The highest BCUT2D eigenvalue weighted by Crippen LogP contribution is 2.40. The van der Waals surface area contributed by atoms with Gasteiger partial charge in [-0.3, -0.25) is 4.79 Å². The van der Waals surface area contributed by atoms with Crippen molar-refractivity contribution in [2.45, 2.75) is 87.3 Å². The molecule has 9 nitrogen and oxygen atoms in total. The number of hydrogen-bond acceptors (Lipinski definition) is 9. The first-order valence-corrected chi connectivity index (χ1v) is 9.32. The lowest BCUT2D eigenvalue weighted by Crippen LogP contribution is -2.77. The first-order chi connectivity index (χ1) is 12.4. The van der Waals surface area contributed by atoms with Crippen molar-refractivity contribution in [1.29, 1.82) is 0 Å². The number of aliphatic hydroxyl groups excluding tert-OH is 2. The van der Waals surface area contributed by atoms with E-state index in [0.29, 0.717) is 6.42 Å². The summed E-state index contributed by atoms with van der Waals surface area (Å²) in [5.74, 6) is -2.73. The number of aliphatic hydroxyl groups is 3. The third kappa shape index (κ3) is 3.20. The molecule has 5 N–H and O–H groups in total. The molecule has 0 amide bonds. The molecule has 2 aliphatic heterocycles. The van der Waals surface area contributed by atoms with E-state index in [1.54, 1.807) is 14.1 Å². The summed E-state index contributed by atoms with van der Waals surface area (Å²) in [5.41, 5.74) is 0. The van der Waals surface area contributed by atoms with Gasteiger partial charge in [0.25, 0.3) is 5.79 Å². The van der Waals surface area contributed by atoms with Crippen molar-refractivity contribution in [2.75, 3.05) is 14.1 Å². The molecule has 3 fully saturated rings. The van der Waals surface area contributed by atoms with Gasteiger partial charge in [0.1, 0.15) is 18.3 Å². The standard InChI is InChI=1S/C17H30N2O7/c1-4-5-6-8-7-9(20)17(23)16(24-8)25-15-13(22)10(18-2)12(21)11(19-3)14(15)26-17/h8,10-16,18-19,21-23H,4-7H2,1-3H3/t8-,10+,11-,12+,13+,14-,15-,16+,17+/m1/s1. The summed E-state index contributed by atoms with van der Waals surface area (Å²) >= 11 is 0. The number of nitrogens with one attached hydrogen (secondary N) is 2. The maximum absolute atomic E-state index is 12.6. The Labute approximate surface area is 153 Å². The Bertz CT molecular complexity index is 521. The highest BCUT2D eigenvalue weighted by molar-refractivity contribution is 5.87. The molecular weight excluding hydrogens is 344 g/mol. The molecule has 3 rings (SSSR count). The minimum Gasteiger partial charge on any atom is -0.390 e. The van der Waals surface area contributed by atoms with Crippen LogP contribution < -0.4 is 10.6 Å². The average Bonchev–Trinajstić information content (AvgIpc) is 2.61. The van der Waals surface area contributed by atoms with E-state index in [9.17, 15) is 20.1 Å². The van der Waals surface area contributed by atoms with E-state index in [0.717, 1.165) is 12.8 Å². The Morgan fingerprint density at radius 2 is 1.81 bits per heavy atom. The first-order valence-electron chi connectivity index (χ1n) is 9.32. The average molecular weight is 374 g/mol. The maximum Gasteiger partial charge on any atom is 0.280 e. The normalized spacial score (nSPS) is 48.8. The van der Waals surface area contributed by atoms with Crippen molar-refractivity contribution < 1.29 is 34.3 Å². The molecule has 2 saturated heterocycles. The highest BCUT2D eigenvalue weighted by Gasteiger charge is 2.63. The smallest absolute Gasteiger partial charge is 0.280 e. The molecule has 0 bridgehead atoms. The summed E-state index contributed by atoms with van der Waals surface area (Å²) in [4.78, 5) is 12.6. The Kier molecular flexibility index (Phi) is 6.00. The highest BCUT2D eigenvalue weighted by atomic mass is 16.8. The molecule has 3 aliphatic rings. The lowest BCUT2D eigenvalue weighted by atomic mass is 9.80. The topological polar surface area (TPSA) is 130 Å². The number of unbranched alkanes of at least 4 members (excludes halogenated alkanes) is 1. The summed E-state index contributed by atoms with van der Waals surface area (Å²) in [6.45, 7) is 2.05. The van der Waals surface area contributed by atoms with Crippen LogP contribution in [0, 0.1) is 0 Å². The Hall–Kier alpha value is -0.650. The van der Waals surface area contributed by atoms with Crippen LogP contribution in [-0.2, 0) is 19.0 Å². The zero-order chi connectivity index (χ0) is 19.1. The van der Waals surface area contributed by atoms with Gasteiger partial charge in [-0.15, -0.1) is 0 Å². The summed E-state index contributed by atoms with van der Waals surface area (Å²) in [6, 6.07) is -1.30. The third-order valence-electron chi connectivity index (χ3n) is 5.71. The van der Waals surface area contributed by atoms with E-state index in [4.69, 9.17) is 14.2 Å². The molecule has 26 heavy (non-hydrogen) atoms. The second kappa shape index (κ2) is 7.76. The van der Waals surface area contributed by atoms with Gasteiger partial charge in [-0.2, -0.15) is 0 Å². The number of ketones is 1.